The van der Waals surface area contributed by atoms with Gasteiger partial charge in [0.1, 0.15) is 12.1 Å². The molecule has 1 heterocycles. The van der Waals surface area contributed by atoms with E-state index in [1.165, 1.54) is 23.5 Å². The summed E-state index contributed by atoms with van der Waals surface area (Å²) in [6.45, 7) is 0.177. The molecule has 0 radical (unpaired) electrons. The Labute approximate surface area is 111 Å². The Hall–Kier alpha value is -1.94. The Bertz CT molecular complexity index is 706. The minimum Gasteiger partial charge on any atom is -0.403 e. The molecular weight excluding hydrogens is 277 g/mol. The van der Waals surface area contributed by atoms with Crippen LogP contribution >= 0.6 is 11.3 Å². The Balaban J connectivity index is 2.62. The molecule has 0 amide bonds. The summed E-state index contributed by atoms with van der Waals surface area (Å²) in [4.78, 5) is 4.66. The van der Waals surface area contributed by atoms with E-state index >= 15 is 0 Å². The van der Waals surface area contributed by atoms with Gasteiger partial charge in [0.2, 0.25) is 0 Å². The number of thiazole rings is 1. The van der Waals surface area contributed by atoms with Crippen molar-refractivity contribution in [1.82, 2.24) is 4.57 Å². The standard InChI is InChI=1S/C12H9F3N2OS/c1-3-7-16-11-17(2)10-8(18-12(13,14)15)5-4-6-9(10)19-11/h1,4-6H,7H2,2H3. The SMILES string of the molecule is C#CCN=c1sc2cccc(OC(F)(F)F)c2n1C. The predicted molar refractivity (Wildman–Crippen MR) is 66.7 cm³/mol. The lowest BCUT2D eigenvalue weighted by atomic mass is 10.3. The van der Waals surface area contributed by atoms with Gasteiger partial charge in [0, 0.05) is 7.05 Å². The summed E-state index contributed by atoms with van der Waals surface area (Å²) < 4.78 is 43.2. The molecule has 3 nitrogen and oxygen atoms in total. The first-order chi connectivity index (χ1) is 8.92. The maximum absolute atomic E-state index is 12.3. The quantitative estimate of drug-likeness (QED) is 0.780. The number of benzene rings is 1. The molecule has 0 unspecified atom stereocenters. The van der Waals surface area contributed by atoms with E-state index in [1.54, 1.807) is 17.7 Å². The van der Waals surface area contributed by atoms with Crippen LogP contribution < -0.4 is 9.54 Å². The normalized spacial score (nSPS) is 12.7. The van der Waals surface area contributed by atoms with Crippen molar-refractivity contribution in [3.05, 3.63) is 23.0 Å². The highest BCUT2D eigenvalue weighted by Gasteiger charge is 2.32. The van der Waals surface area contributed by atoms with Crippen LogP contribution in [0.4, 0.5) is 13.2 Å². The number of fused-ring (bicyclic) bond motifs is 1. The number of aryl methyl sites for hydroxylation is 1. The lowest BCUT2D eigenvalue weighted by Crippen LogP contribution is -2.18. The van der Waals surface area contributed by atoms with Crippen LogP contribution in [0, 0.1) is 12.3 Å². The van der Waals surface area contributed by atoms with E-state index in [2.05, 4.69) is 15.6 Å². The molecule has 0 aliphatic rings. The van der Waals surface area contributed by atoms with E-state index < -0.39 is 6.36 Å². The van der Waals surface area contributed by atoms with Gasteiger partial charge in [0.15, 0.2) is 10.6 Å². The van der Waals surface area contributed by atoms with Crippen LogP contribution in [0.15, 0.2) is 23.2 Å². The number of ether oxygens (including phenoxy) is 1. The maximum atomic E-state index is 12.3. The average molecular weight is 286 g/mol. The summed E-state index contributed by atoms with van der Waals surface area (Å²) in [6, 6.07) is 4.48. The number of aromatic nitrogens is 1. The molecule has 0 saturated carbocycles. The molecule has 0 spiro atoms. The van der Waals surface area contributed by atoms with Crippen molar-refractivity contribution in [1.29, 1.82) is 0 Å². The second-order valence-electron chi connectivity index (χ2n) is 3.61. The molecular formula is C12H9F3N2OS. The smallest absolute Gasteiger partial charge is 0.403 e. The van der Waals surface area contributed by atoms with Gasteiger partial charge in [0.05, 0.1) is 4.70 Å². The highest BCUT2D eigenvalue weighted by atomic mass is 32.1. The van der Waals surface area contributed by atoms with Gasteiger partial charge in [-0.25, -0.2) is 4.99 Å². The number of hydrogen-bond donors (Lipinski definition) is 0. The summed E-state index contributed by atoms with van der Waals surface area (Å²) in [6.07, 6.45) is 0.389. The summed E-state index contributed by atoms with van der Waals surface area (Å²) in [5.41, 5.74) is 0.348. The van der Waals surface area contributed by atoms with Crippen molar-refractivity contribution < 1.29 is 17.9 Å². The number of halogens is 3. The summed E-state index contributed by atoms with van der Waals surface area (Å²) >= 11 is 1.26. The van der Waals surface area contributed by atoms with E-state index in [9.17, 15) is 13.2 Å². The second kappa shape index (κ2) is 4.97. The molecule has 0 bridgehead atoms. The highest BCUT2D eigenvalue weighted by molar-refractivity contribution is 7.16. The molecule has 0 aliphatic heterocycles. The predicted octanol–water partition coefficient (Wildman–Crippen LogP) is 2.67. The highest BCUT2D eigenvalue weighted by Crippen LogP contribution is 2.31. The monoisotopic (exact) mass is 286 g/mol. The van der Waals surface area contributed by atoms with E-state index in [0.29, 0.717) is 15.0 Å². The third-order valence-electron chi connectivity index (χ3n) is 2.32. The lowest BCUT2D eigenvalue weighted by Gasteiger charge is -2.10. The molecule has 2 aromatic rings. The van der Waals surface area contributed by atoms with Crippen LogP contribution in [0.3, 0.4) is 0 Å². The van der Waals surface area contributed by atoms with Crippen LogP contribution in [0.2, 0.25) is 0 Å². The van der Waals surface area contributed by atoms with Gasteiger partial charge in [-0.05, 0) is 12.1 Å². The van der Waals surface area contributed by atoms with E-state index in [1.807, 2.05) is 0 Å². The molecule has 7 heteroatoms. The number of alkyl halides is 3. The Kier molecular flexibility index (Phi) is 3.53. The first-order valence-electron chi connectivity index (χ1n) is 5.20. The summed E-state index contributed by atoms with van der Waals surface area (Å²) in [7, 11) is 1.62. The van der Waals surface area contributed by atoms with Crippen molar-refractivity contribution in [2.24, 2.45) is 12.0 Å². The molecule has 1 aromatic heterocycles. The van der Waals surface area contributed by atoms with Gasteiger partial charge >= 0.3 is 6.36 Å². The van der Waals surface area contributed by atoms with E-state index in [-0.39, 0.29) is 12.3 Å². The Morgan fingerprint density at radius 2 is 2.21 bits per heavy atom. The first kappa shape index (κ1) is 13.5. The fourth-order valence-corrected chi connectivity index (χ4v) is 2.67. The molecule has 1 aromatic carbocycles. The zero-order valence-electron chi connectivity index (χ0n) is 9.86. The first-order valence-corrected chi connectivity index (χ1v) is 6.02. The van der Waals surface area contributed by atoms with E-state index in [4.69, 9.17) is 6.42 Å². The maximum Gasteiger partial charge on any atom is 0.573 e. The number of rotatable bonds is 2. The van der Waals surface area contributed by atoms with Gasteiger partial charge in [-0.2, -0.15) is 0 Å². The minimum atomic E-state index is -4.72. The van der Waals surface area contributed by atoms with Crippen molar-refractivity contribution >= 4 is 21.6 Å². The van der Waals surface area contributed by atoms with Crippen molar-refractivity contribution in [3.8, 4) is 18.1 Å². The van der Waals surface area contributed by atoms with Crippen molar-refractivity contribution in [2.75, 3.05) is 6.54 Å². The van der Waals surface area contributed by atoms with Gasteiger partial charge in [0.25, 0.3) is 0 Å². The van der Waals surface area contributed by atoms with Crippen molar-refractivity contribution in [2.45, 2.75) is 6.36 Å². The lowest BCUT2D eigenvalue weighted by molar-refractivity contribution is -0.274. The molecule has 0 fully saturated rings. The molecule has 100 valence electrons. The van der Waals surface area contributed by atoms with Crippen LogP contribution in [-0.4, -0.2) is 17.5 Å². The van der Waals surface area contributed by atoms with Gasteiger partial charge in [-0.1, -0.05) is 23.3 Å². The second-order valence-corrected chi connectivity index (χ2v) is 4.62. The minimum absolute atomic E-state index is 0.177. The van der Waals surface area contributed by atoms with Crippen LogP contribution in [0.25, 0.3) is 10.2 Å². The van der Waals surface area contributed by atoms with E-state index in [0.717, 1.165) is 0 Å². The summed E-state index contributed by atoms with van der Waals surface area (Å²) in [5, 5.41) is 0. The Morgan fingerprint density at radius 1 is 1.47 bits per heavy atom. The number of hydrogen-bond acceptors (Lipinski definition) is 3. The third-order valence-corrected chi connectivity index (χ3v) is 3.45. The van der Waals surface area contributed by atoms with Crippen LogP contribution in [0.1, 0.15) is 0 Å². The topological polar surface area (TPSA) is 26.5 Å². The molecule has 0 atom stereocenters. The average Bonchev–Trinajstić information content (AvgIpc) is 2.63. The summed E-state index contributed by atoms with van der Waals surface area (Å²) in [5.74, 6) is 2.11. The number of terminal acetylenes is 1. The fourth-order valence-electron chi connectivity index (χ4n) is 1.64. The molecule has 2 rings (SSSR count). The van der Waals surface area contributed by atoms with Crippen molar-refractivity contribution in [3.63, 3.8) is 0 Å². The zero-order chi connectivity index (χ0) is 14.0. The largest absolute Gasteiger partial charge is 0.573 e. The van der Waals surface area contributed by atoms with Gasteiger partial charge in [-0.3, -0.25) is 0 Å². The fraction of sp³-hybridized carbons (Fsp3) is 0.250. The number of para-hydroxylation sites is 1. The van der Waals surface area contributed by atoms with Gasteiger partial charge in [-0.15, -0.1) is 19.6 Å². The molecule has 0 N–H and O–H groups in total. The zero-order valence-corrected chi connectivity index (χ0v) is 10.7. The third kappa shape index (κ3) is 2.90. The van der Waals surface area contributed by atoms with Gasteiger partial charge < -0.3 is 9.30 Å². The van der Waals surface area contributed by atoms with Crippen LogP contribution in [0.5, 0.6) is 5.75 Å². The molecule has 0 aliphatic carbocycles. The van der Waals surface area contributed by atoms with Crippen LogP contribution in [-0.2, 0) is 7.05 Å². The molecule has 0 saturated heterocycles. The Morgan fingerprint density at radius 3 is 2.84 bits per heavy atom. The number of nitrogens with zero attached hydrogens (tertiary/aromatic N) is 2. The molecule has 19 heavy (non-hydrogen) atoms.